The topological polar surface area (TPSA) is 31.2 Å². The van der Waals surface area contributed by atoms with Crippen molar-refractivity contribution in [2.45, 2.75) is 6.42 Å². The van der Waals surface area contributed by atoms with Gasteiger partial charge in [-0.25, -0.2) is 4.39 Å². The Labute approximate surface area is 92.4 Å². The predicted octanol–water partition coefficient (Wildman–Crippen LogP) is 2.03. The standard InChI is InChI=1S/C12H12FNO2/c1-14-7-8(6-11(15)16-2)9-4-3-5-10(13)12(9)14/h3-5,7H,6H2,1-2H3. The molecule has 1 aromatic heterocycles. The first-order chi connectivity index (χ1) is 7.63. The second-order valence-electron chi connectivity index (χ2n) is 3.65. The number of aryl methyl sites for hydroxylation is 1. The van der Waals surface area contributed by atoms with Crippen LogP contribution in [0.25, 0.3) is 10.9 Å². The summed E-state index contributed by atoms with van der Waals surface area (Å²) in [6.07, 6.45) is 1.92. The maximum Gasteiger partial charge on any atom is 0.310 e. The number of carbonyl (C=O) groups excluding carboxylic acids is 1. The van der Waals surface area contributed by atoms with Crippen LogP contribution in [0.2, 0.25) is 0 Å². The molecule has 0 aliphatic heterocycles. The van der Waals surface area contributed by atoms with Crippen molar-refractivity contribution in [3.05, 3.63) is 35.8 Å². The zero-order valence-electron chi connectivity index (χ0n) is 9.16. The molecule has 1 aromatic carbocycles. The van der Waals surface area contributed by atoms with Gasteiger partial charge in [0.25, 0.3) is 0 Å². The molecule has 0 N–H and O–H groups in total. The molecule has 0 aliphatic carbocycles. The molecule has 3 nitrogen and oxygen atoms in total. The third-order valence-electron chi connectivity index (χ3n) is 2.60. The van der Waals surface area contributed by atoms with Crippen molar-refractivity contribution in [3.8, 4) is 0 Å². The molecule has 0 spiro atoms. The molecular weight excluding hydrogens is 209 g/mol. The van der Waals surface area contributed by atoms with Crippen molar-refractivity contribution in [2.75, 3.05) is 7.11 Å². The molecule has 16 heavy (non-hydrogen) atoms. The van der Waals surface area contributed by atoms with Gasteiger partial charge in [0.05, 0.1) is 19.0 Å². The maximum absolute atomic E-state index is 13.5. The Balaban J connectivity index is 2.55. The minimum absolute atomic E-state index is 0.164. The van der Waals surface area contributed by atoms with Crippen molar-refractivity contribution in [1.82, 2.24) is 4.57 Å². The second kappa shape index (κ2) is 3.96. The number of aromatic nitrogens is 1. The minimum atomic E-state index is -0.322. The number of fused-ring (bicyclic) bond motifs is 1. The summed E-state index contributed by atoms with van der Waals surface area (Å²) >= 11 is 0. The Morgan fingerprint density at radius 1 is 1.50 bits per heavy atom. The molecule has 0 fully saturated rings. The first-order valence-corrected chi connectivity index (χ1v) is 4.92. The lowest BCUT2D eigenvalue weighted by Crippen LogP contribution is -2.03. The summed E-state index contributed by atoms with van der Waals surface area (Å²) in [7, 11) is 3.10. The van der Waals surface area contributed by atoms with E-state index in [2.05, 4.69) is 4.74 Å². The van der Waals surface area contributed by atoms with Crippen LogP contribution in [0, 0.1) is 5.82 Å². The maximum atomic E-state index is 13.5. The van der Waals surface area contributed by atoms with Gasteiger partial charge in [-0.3, -0.25) is 4.79 Å². The molecule has 2 rings (SSSR count). The monoisotopic (exact) mass is 221 g/mol. The minimum Gasteiger partial charge on any atom is -0.469 e. The van der Waals surface area contributed by atoms with Gasteiger partial charge < -0.3 is 9.30 Å². The average Bonchev–Trinajstić information content (AvgIpc) is 2.57. The quantitative estimate of drug-likeness (QED) is 0.726. The molecule has 0 saturated carbocycles. The van der Waals surface area contributed by atoms with Crippen LogP contribution < -0.4 is 0 Å². The van der Waals surface area contributed by atoms with Crippen molar-refractivity contribution in [1.29, 1.82) is 0 Å². The van der Waals surface area contributed by atoms with Crippen molar-refractivity contribution in [2.24, 2.45) is 7.05 Å². The summed E-state index contributed by atoms with van der Waals surface area (Å²) in [5, 5.41) is 0.757. The highest BCUT2D eigenvalue weighted by atomic mass is 19.1. The van der Waals surface area contributed by atoms with Crippen LogP contribution in [-0.2, 0) is 23.0 Å². The zero-order chi connectivity index (χ0) is 11.7. The first kappa shape index (κ1) is 10.7. The third-order valence-corrected chi connectivity index (χ3v) is 2.60. The summed E-state index contributed by atoms with van der Waals surface area (Å²) < 4.78 is 19.8. The van der Waals surface area contributed by atoms with Gasteiger partial charge in [-0.15, -0.1) is 0 Å². The predicted molar refractivity (Wildman–Crippen MR) is 58.6 cm³/mol. The van der Waals surface area contributed by atoms with Crippen LogP contribution in [-0.4, -0.2) is 17.6 Å². The van der Waals surface area contributed by atoms with Gasteiger partial charge in [-0.05, 0) is 11.6 Å². The molecule has 2 aromatic rings. The fraction of sp³-hybridized carbons (Fsp3) is 0.250. The van der Waals surface area contributed by atoms with Crippen LogP contribution in [0.4, 0.5) is 4.39 Å². The third kappa shape index (κ3) is 1.66. The Morgan fingerprint density at radius 2 is 2.25 bits per heavy atom. The van der Waals surface area contributed by atoms with Gasteiger partial charge >= 0.3 is 5.97 Å². The summed E-state index contributed by atoms with van der Waals surface area (Å²) in [6.45, 7) is 0. The van der Waals surface area contributed by atoms with E-state index in [4.69, 9.17) is 0 Å². The Kier molecular flexibility index (Phi) is 2.64. The summed E-state index contributed by atoms with van der Waals surface area (Å²) in [5.41, 5.74) is 1.30. The smallest absolute Gasteiger partial charge is 0.310 e. The van der Waals surface area contributed by atoms with Crippen LogP contribution in [0.1, 0.15) is 5.56 Å². The highest BCUT2D eigenvalue weighted by molar-refractivity contribution is 5.88. The van der Waals surface area contributed by atoms with Crippen LogP contribution in [0.15, 0.2) is 24.4 Å². The summed E-state index contributed by atoms with van der Waals surface area (Å²) in [6, 6.07) is 4.85. The van der Waals surface area contributed by atoms with Crippen molar-refractivity contribution in [3.63, 3.8) is 0 Å². The normalized spacial score (nSPS) is 10.7. The van der Waals surface area contributed by atoms with E-state index >= 15 is 0 Å². The Bertz CT molecular complexity index is 545. The molecule has 0 aliphatic rings. The van der Waals surface area contributed by atoms with E-state index in [0.29, 0.717) is 5.52 Å². The Hall–Kier alpha value is -1.84. The highest BCUT2D eigenvalue weighted by Crippen LogP contribution is 2.23. The molecule has 4 heteroatoms. The van der Waals surface area contributed by atoms with Crippen LogP contribution in [0.3, 0.4) is 0 Å². The average molecular weight is 221 g/mol. The van der Waals surface area contributed by atoms with E-state index in [1.165, 1.54) is 13.2 Å². The van der Waals surface area contributed by atoms with Crippen molar-refractivity contribution < 1.29 is 13.9 Å². The number of hydrogen-bond acceptors (Lipinski definition) is 2. The molecule has 0 bridgehead atoms. The lowest BCUT2D eigenvalue weighted by molar-refractivity contribution is -0.139. The molecule has 1 heterocycles. The van der Waals surface area contributed by atoms with Gasteiger partial charge in [0.1, 0.15) is 5.82 Å². The van der Waals surface area contributed by atoms with Gasteiger partial charge in [0.2, 0.25) is 0 Å². The largest absolute Gasteiger partial charge is 0.469 e. The number of esters is 1. The molecule has 0 unspecified atom stereocenters. The number of halogens is 1. The van der Waals surface area contributed by atoms with E-state index < -0.39 is 0 Å². The highest BCUT2D eigenvalue weighted by Gasteiger charge is 2.12. The second-order valence-corrected chi connectivity index (χ2v) is 3.65. The van der Waals surface area contributed by atoms with Crippen LogP contribution in [0.5, 0.6) is 0 Å². The van der Waals surface area contributed by atoms with E-state index in [-0.39, 0.29) is 18.2 Å². The molecule has 0 saturated heterocycles. The SMILES string of the molecule is COC(=O)Cc1cn(C)c2c(F)cccc12. The fourth-order valence-electron chi connectivity index (χ4n) is 1.87. The van der Waals surface area contributed by atoms with E-state index in [9.17, 15) is 9.18 Å². The summed E-state index contributed by atoms with van der Waals surface area (Å²) in [5.74, 6) is -0.604. The molecular formula is C12H12FNO2. The molecule has 0 radical (unpaired) electrons. The van der Waals surface area contributed by atoms with Gasteiger partial charge in [-0.2, -0.15) is 0 Å². The lowest BCUT2D eigenvalue weighted by Gasteiger charge is -1.98. The molecule has 84 valence electrons. The van der Waals surface area contributed by atoms with Crippen molar-refractivity contribution >= 4 is 16.9 Å². The zero-order valence-corrected chi connectivity index (χ0v) is 9.16. The lowest BCUT2D eigenvalue weighted by atomic mass is 10.1. The molecule has 0 atom stereocenters. The number of nitrogens with zero attached hydrogens (tertiary/aromatic N) is 1. The van der Waals surface area contributed by atoms with E-state index in [0.717, 1.165) is 10.9 Å². The van der Waals surface area contributed by atoms with Gasteiger partial charge in [0, 0.05) is 18.6 Å². The fourth-order valence-corrected chi connectivity index (χ4v) is 1.87. The Morgan fingerprint density at radius 3 is 2.94 bits per heavy atom. The number of ether oxygens (including phenoxy) is 1. The summed E-state index contributed by atoms with van der Waals surface area (Å²) in [4.78, 5) is 11.2. The van der Waals surface area contributed by atoms with E-state index in [1.807, 2.05) is 0 Å². The first-order valence-electron chi connectivity index (χ1n) is 4.92. The van der Waals surface area contributed by atoms with Gasteiger partial charge in [-0.1, -0.05) is 12.1 Å². The number of hydrogen-bond donors (Lipinski definition) is 0. The van der Waals surface area contributed by atoms with Gasteiger partial charge in [0.15, 0.2) is 0 Å². The number of carbonyl (C=O) groups is 1. The number of para-hydroxylation sites is 1. The van der Waals surface area contributed by atoms with E-state index in [1.54, 1.807) is 29.9 Å². The number of rotatable bonds is 2. The number of methoxy groups -OCH3 is 1. The number of benzene rings is 1. The van der Waals surface area contributed by atoms with Crippen LogP contribution >= 0.6 is 0 Å². The molecule has 0 amide bonds.